The minimum absolute atomic E-state index is 0.282. The number of nitrogens with one attached hydrogen (secondary N) is 1. The Hall–Kier alpha value is -1.40. The Morgan fingerprint density at radius 2 is 2.11 bits per heavy atom. The Labute approximate surface area is 108 Å². The highest BCUT2D eigenvalue weighted by atomic mass is 32.2. The van der Waals surface area contributed by atoms with Crippen molar-refractivity contribution in [1.82, 2.24) is 5.32 Å². The van der Waals surface area contributed by atoms with Gasteiger partial charge in [0.15, 0.2) is 0 Å². The molecule has 1 aliphatic rings. The molecule has 0 fully saturated rings. The van der Waals surface area contributed by atoms with Crippen molar-refractivity contribution >= 4 is 22.0 Å². The number of hydrogen-bond donors (Lipinski definition) is 1. The second-order valence-electron chi connectivity index (χ2n) is 4.48. The van der Waals surface area contributed by atoms with Crippen LogP contribution in [0.1, 0.15) is 6.92 Å². The van der Waals surface area contributed by atoms with E-state index in [0.717, 1.165) is 13.1 Å². The van der Waals surface area contributed by atoms with E-state index in [-0.39, 0.29) is 4.90 Å². The molecule has 5 nitrogen and oxygen atoms in total. The molecule has 0 bridgehead atoms. The molecule has 0 aliphatic carbocycles. The summed E-state index contributed by atoms with van der Waals surface area (Å²) in [5, 5.41) is 3.11. The first kappa shape index (κ1) is 13.0. The number of anilines is 1. The summed E-state index contributed by atoms with van der Waals surface area (Å²) in [6.45, 7) is 3.71. The van der Waals surface area contributed by atoms with E-state index in [0.29, 0.717) is 11.6 Å². The number of sulfonamides is 1. The molecule has 1 aromatic rings. The molecule has 1 aromatic carbocycles. The Morgan fingerprint density at radius 3 is 2.83 bits per heavy atom. The average molecular weight is 267 g/mol. The zero-order valence-electron chi connectivity index (χ0n) is 10.5. The number of rotatable bonds is 4. The molecule has 1 N–H and O–H groups in total. The first-order chi connectivity index (χ1) is 8.54. The molecule has 0 radical (unpaired) electrons. The number of para-hydroxylation sites is 1. The molecule has 2 rings (SSSR count). The van der Waals surface area contributed by atoms with Gasteiger partial charge in [-0.1, -0.05) is 19.1 Å². The van der Waals surface area contributed by atoms with Gasteiger partial charge in [-0.25, -0.2) is 0 Å². The van der Waals surface area contributed by atoms with E-state index >= 15 is 0 Å². The van der Waals surface area contributed by atoms with Crippen molar-refractivity contribution in [2.45, 2.75) is 11.8 Å². The minimum atomic E-state index is -3.51. The highest BCUT2D eigenvalue weighted by Crippen LogP contribution is 2.29. The van der Waals surface area contributed by atoms with E-state index in [1.807, 2.05) is 24.1 Å². The van der Waals surface area contributed by atoms with Crippen LogP contribution in [0.4, 0.5) is 5.69 Å². The van der Waals surface area contributed by atoms with Crippen molar-refractivity contribution in [3.63, 3.8) is 0 Å². The Kier molecular flexibility index (Phi) is 3.68. The third-order valence-electron chi connectivity index (χ3n) is 2.84. The van der Waals surface area contributed by atoms with Crippen LogP contribution in [0.25, 0.3) is 0 Å². The summed E-state index contributed by atoms with van der Waals surface area (Å²) in [4.78, 5) is 2.17. The minimum Gasteiger partial charge on any atom is -0.330 e. The van der Waals surface area contributed by atoms with Crippen LogP contribution in [0, 0.1) is 5.92 Å². The van der Waals surface area contributed by atoms with Crippen LogP contribution in [0.15, 0.2) is 33.6 Å². The fourth-order valence-electron chi connectivity index (χ4n) is 2.04. The monoisotopic (exact) mass is 267 g/mol. The third-order valence-corrected chi connectivity index (χ3v) is 4.11. The molecule has 98 valence electrons. The van der Waals surface area contributed by atoms with E-state index < -0.39 is 10.0 Å². The van der Waals surface area contributed by atoms with Gasteiger partial charge in [-0.15, -0.1) is 4.40 Å². The lowest BCUT2D eigenvalue weighted by Gasteiger charge is -2.27. The fourth-order valence-corrected chi connectivity index (χ4v) is 3.10. The Bertz CT molecular complexity index is 554. The summed E-state index contributed by atoms with van der Waals surface area (Å²) in [7, 11) is -1.61. The lowest BCUT2D eigenvalue weighted by molar-refractivity contribution is 0.551. The van der Waals surface area contributed by atoms with Gasteiger partial charge in [0.25, 0.3) is 10.0 Å². The highest BCUT2D eigenvalue weighted by molar-refractivity contribution is 7.90. The molecule has 1 unspecified atom stereocenters. The predicted molar refractivity (Wildman–Crippen MR) is 72.6 cm³/mol. The Morgan fingerprint density at radius 1 is 1.39 bits per heavy atom. The third kappa shape index (κ3) is 2.54. The normalized spacial score (nSPS) is 18.4. The zero-order chi connectivity index (χ0) is 13.2. The molecule has 18 heavy (non-hydrogen) atoms. The second-order valence-corrected chi connectivity index (χ2v) is 6.08. The zero-order valence-corrected chi connectivity index (χ0v) is 11.3. The van der Waals surface area contributed by atoms with E-state index in [2.05, 4.69) is 16.6 Å². The number of fused-ring (bicyclic) bond motifs is 1. The predicted octanol–water partition coefficient (Wildman–Crippen LogP) is 1.08. The topological polar surface area (TPSA) is 61.8 Å². The molecule has 1 heterocycles. The maximum absolute atomic E-state index is 11.8. The SMILES string of the molecule is CNCC(C)CN1C=NS(=O)(=O)c2ccccc21. The number of benzene rings is 1. The van der Waals surface area contributed by atoms with Gasteiger partial charge in [-0.3, -0.25) is 0 Å². The summed E-state index contributed by atoms with van der Waals surface area (Å²) >= 11 is 0. The van der Waals surface area contributed by atoms with Gasteiger partial charge in [0.1, 0.15) is 11.2 Å². The molecular weight excluding hydrogens is 250 g/mol. The van der Waals surface area contributed by atoms with E-state index in [1.54, 1.807) is 12.1 Å². The molecule has 1 atom stereocenters. The standard InChI is InChI=1S/C12H17N3O2S/c1-10(7-13-2)8-15-9-14-18(16,17)12-6-4-3-5-11(12)15/h3-6,9-10,13H,7-8H2,1-2H3. The summed E-state index contributed by atoms with van der Waals surface area (Å²) < 4.78 is 27.2. The van der Waals surface area contributed by atoms with Gasteiger partial charge >= 0.3 is 0 Å². The maximum Gasteiger partial charge on any atom is 0.285 e. The largest absolute Gasteiger partial charge is 0.330 e. The van der Waals surface area contributed by atoms with Crippen LogP contribution >= 0.6 is 0 Å². The van der Waals surface area contributed by atoms with Crippen molar-refractivity contribution in [3.8, 4) is 0 Å². The molecule has 1 aliphatic heterocycles. The van der Waals surface area contributed by atoms with Crippen molar-refractivity contribution in [2.75, 3.05) is 25.0 Å². The molecule has 0 saturated heterocycles. The molecular formula is C12H17N3O2S. The van der Waals surface area contributed by atoms with Gasteiger partial charge < -0.3 is 10.2 Å². The van der Waals surface area contributed by atoms with Crippen LogP contribution in [0.3, 0.4) is 0 Å². The first-order valence-electron chi connectivity index (χ1n) is 5.85. The van der Waals surface area contributed by atoms with Crippen LogP contribution in [0.2, 0.25) is 0 Å². The molecule has 6 heteroatoms. The fraction of sp³-hybridized carbons (Fsp3) is 0.417. The van der Waals surface area contributed by atoms with Crippen molar-refractivity contribution in [2.24, 2.45) is 10.3 Å². The van der Waals surface area contributed by atoms with Crippen LogP contribution in [-0.4, -0.2) is 34.9 Å². The smallest absolute Gasteiger partial charge is 0.285 e. The van der Waals surface area contributed by atoms with Gasteiger partial charge in [-0.2, -0.15) is 8.42 Å². The van der Waals surface area contributed by atoms with Crippen molar-refractivity contribution in [1.29, 1.82) is 0 Å². The second kappa shape index (κ2) is 5.07. The molecule has 0 saturated carbocycles. The average Bonchev–Trinajstić information content (AvgIpc) is 2.34. The quantitative estimate of drug-likeness (QED) is 0.886. The van der Waals surface area contributed by atoms with E-state index in [4.69, 9.17) is 0 Å². The Balaban J connectivity index is 2.30. The van der Waals surface area contributed by atoms with Crippen molar-refractivity contribution in [3.05, 3.63) is 24.3 Å². The first-order valence-corrected chi connectivity index (χ1v) is 7.29. The van der Waals surface area contributed by atoms with Crippen LogP contribution in [-0.2, 0) is 10.0 Å². The lowest BCUT2D eigenvalue weighted by atomic mass is 10.1. The summed E-state index contributed by atoms with van der Waals surface area (Å²) in [6, 6.07) is 6.96. The summed E-state index contributed by atoms with van der Waals surface area (Å²) in [6.07, 6.45) is 1.41. The van der Waals surface area contributed by atoms with Gasteiger partial charge in [0.2, 0.25) is 0 Å². The molecule has 0 aromatic heterocycles. The van der Waals surface area contributed by atoms with Gasteiger partial charge in [-0.05, 0) is 31.6 Å². The van der Waals surface area contributed by atoms with Gasteiger partial charge in [0, 0.05) is 6.54 Å². The lowest BCUT2D eigenvalue weighted by Crippen LogP contribution is -2.34. The van der Waals surface area contributed by atoms with E-state index in [9.17, 15) is 8.42 Å². The summed E-state index contributed by atoms with van der Waals surface area (Å²) in [5.74, 6) is 0.398. The molecule has 0 spiro atoms. The number of hydrogen-bond acceptors (Lipinski definition) is 4. The number of nitrogens with zero attached hydrogens (tertiary/aromatic N) is 2. The van der Waals surface area contributed by atoms with E-state index in [1.165, 1.54) is 6.34 Å². The van der Waals surface area contributed by atoms with Crippen LogP contribution < -0.4 is 10.2 Å². The van der Waals surface area contributed by atoms with Crippen LogP contribution in [0.5, 0.6) is 0 Å². The molecule has 0 amide bonds. The summed E-state index contributed by atoms with van der Waals surface area (Å²) in [5.41, 5.74) is 0.704. The highest BCUT2D eigenvalue weighted by Gasteiger charge is 2.25. The maximum atomic E-state index is 11.8. The van der Waals surface area contributed by atoms with Gasteiger partial charge in [0.05, 0.1) is 5.69 Å². The van der Waals surface area contributed by atoms with Crippen molar-refractivity contribution < 1.29 is 8.42 Å².